The Hall–Kier alpha value is -1.80. The van der Waals surface area contributed by atoms with Gasteiger partial charge in [0.15, 0.2) is 0 Å². The van der Waals surface area contributed by atoms with Crippen molar-refractivity contribution >= 4 is 5.91 Å². The fourth-order valence-corrected chi connectivity index (χ4v) is 2.36. The van der Waals surface area contributed by atoms with Crippen LogP contribution in [-0.4, -0.2) is 38.7 Å². The first kappa shape index (κ1) is 18.5. The summed E-state index contributed by atoms with van der Waals surface area (Å²) in [4.78, 5) is 11.8. The van der Waals surface area contributed by atoms with E-state index >= 15 is 0 Å². The van der Waals surface area contributed by atoms with E-state index in [4.69, 9.17) is 9.47 Å². The second-order valence-electron chi connectivity index (χ2n) is 5.65. The summed E-state index contributed by atoms with van der Waals surface area (Å²) >= 11 is 0. The van der Waals surface area contributed by atoms with Crippen LogP contribution in [0.2, 0.25) is 0 Å². The Labute approximate surface area is 138 Å². The Morgan fingerprint density at radius 1 is 1.38 bits per heavy atom. The maximum atomic E-state index is 12.1. The summed E-state index contributed by atoms with van der Waals surface area (Å²) in [6.07, 6.45) is -3.78. The molecule has 0 aliphatic carbocycles. The largest absolute Gasteiger partial charge is 0.573 e. The molecule has 8 heteroatoms. The highest BCUT2D eigenvalue weighted by Crippen LogP contribution is 2.24. The summed E-state index contributed by atoms with van der Waals surface area (Å²) in [6.45, 7) is 3.54. The van der Waals surface area contributed by atoms with E-state index in [-0.39, 0.29) is 24.3 Å². The Morgan fingerprint density at radius 3 is 2.67 bits per heavy atom. The molecule has 0 saturated carbocycles. The molecule has 1 fully saturated rings. The number of carbonyl (C=O) groups excluding carboxylic acids is 1. The average molecular weight is 347 g/mol. The average Bonchev–Trinajstić information content (AvgIpc) is 2.99. The summed E-state index contributed by atoms with van der Waals surface area (Å²) in [5.74, 6) is -0.250. The van der Waals surface area contributed by atoms with Gasteiger partial charge in [0.2, 0.25) is 5.91 Å². The summed E-state index contributed by atoms with van der Waals surface area (Å²) in [5.41, 5.74) is 0.669. The minimum absolute atomic E-state index is 0.0594. The van der Waals surface area contributed by atoms with Crippen molar-refractivity contribution in [2.24, 2.45) is 5.92 Å². The van der Waals surface area contributed by atoms with Gasteiger partial charge in [0.05, 0.1) is 19.3 Å². The number of rotatable bonds is 7. The lowest BCUT2D eigenvalue weighted by Gasteiger charge is -2.16. The maximum Gasteiger partial charge on any atom is 0.573 e. The third-order valence-electron chi connectivity index (χ3n) is 3.60. The summed E-state index contributed by atoms with van der Waals surface area (Å²) in [7, 11) is 0. The first-order valence-electron chi connectivity index (χ1n) is 7.64. The second-order valence-corrected chi connectivity index (χ2v) is 5.65. The van der Waals surface area contributed by atoms with Gasteiger partial charge in [0.25, 0.3) is 0 Å². The van der Waals surface area contributed by atoms with E-state index in [1.807, 2.05) is 0 Å². The smallest absolute Gasteiger partial charge is 0.406 e. The zero-order valence-corrected chi connectivity index (χ0v) is 13.3. The van der Waals surface area contributed by atoms with Crippen LogP contribution < -0.4 is 10.1 Å². The second kappa shape index (κ2) is 8.34. The van der Waals surface area contributed by atoms with Gasteiger partial charge < -0.3 is 19.5 Å². The van der Waals surface area contributed by atoms with Crippen LogP contribution in [0.3, 0.4) is 0 Å². The number of hydrogen-bond acceptors (Lipinski definition) is 4. The number of nitrogens with one attached hydrogen (secondary N) is 1. The molecule has 0 radical (unpaired) electrons. The van der Waals surface area contributed by atoms with Crippen molar-refractivity contribution in [3.8, 4) is 5.75 Å². The van der Waals surface area contributed by atoms with Gasteiger partial charge in [-0.1, -0.05) is 12.1 Å². The SMILES string of the molecule is C[C@@H](NC(=O)COC[C@@H]1CCOC1)c1ccc(OC(F)(F)F)cc1. The van der Waals surface area contributed by atoms with E-state index < -0.39 is 6.36 Å². The third-order valence-corrected chi connectivity index (χ3v) is 3.60. The molecule has 1 aromatic rings. The number of carbonyl (C=O) groups is 1. The Balaban J connectivity index is 1.74. The number of halogens is 3. The third kappa shape index (κ3) is 6.37. The van der Waals surface area contributed by atoms with Crippen LogP contribution in [0.4, 0.5) is 13.2 Å². The molecule has 0 unspecified atom stereocenters. The van der Waals surface area contributed by atoms with Gasteiger partial charge in [0, 0.05) is 12.5 Å². The van der Waals surface area contributed by atoms with Crippen molar-refractivity contribution in [2.75, 3.05) is 26.4 Å². The molecule has 0 aromatic heterocycles. The lowest BCUT2D eigenvalue weighted by molar-refractivity contribution is -0.274. The predicted molar refractivity (Wildman–Crippen MR) is 79.4 cm³/mol. The predicted octanol–water partition coefficient (Wildman–Crippen LogP) is 2.82. The van der Waals surface area contributed by atoms with Crippen LogP contribution in [0.1, 0.15) is 24.9 Å². The Morgan fingerprint density at radius 2 is 2.08 bits per heavy atom. The standard InChI is InChI=1S/C16H20F3NO4/c1-11(13-2-4-14(5-3-13)24-16(17,18)19)20-15(21)10-23-9-12-6-7-22-8-12/h2-5,11-12H,6-10H2,1H3,(H,20,21)/t11-,12-/m1/s1. The lowest BCUT2D eigenvalue weighted by Crippen LogP contribution is -2.31. The molecular formula is C16H20F3NO4. The van der Waals surface area contributed by atoms with Crippen molar-refractivity contribution in [2.45, 2.75) is 25.7 Å². The van der Waals surface area contributed by atoms with Crippen molar-refractivity contribution in [3.63, 3.8) is 0 Å². The normalized spacial score (nSPS) is 19.1. The minimum Gasteiger partial charge on any atom is -0.406 e. The first-order chi connectivity index (χ1) is 11.3. The summed E-state index contributed by atoms with van der Waals surface area (Å²) in [6, 6.07) is 5.02. The molecular weight excluding hydrogens is 327 g/mol. The van der Waals surface area contributed by atoms with E-state index in [0.717, 1.165) is 13.0 Å². The van der Waals surface area contributed by atoms with Gasteiger partial charge >= 0.3 is 6.36 Å². The maximum absolute atomic E-state index is 12.1. The number of amides is 1. The van der Waals surface area contributed by atoms with Crippen LogP contribution in [0.5, 0.6) is 5.75 Å². The molecule has 1 N–H and O–H groups in total. The molecule has 1 aromatic carbocycles. The molecule has 1 heterocycles. The van der Waals surface area contributed by atoms with E-state index in [2.05, 4.69) is 10.1 Å². The molecule has 1 aliphatic rings. The molecule has 1 amide bonds. The van der Waals surface area contributed by atoms with Crippen LogP contribution in [0, 0.1) is 5.92 Å². The van der Waals surface area contributed by atoms with Gasteiger partial charge in [-0.25, -0.2) is 0 Å². The van der Waals surface area contributed by atoms with Crippen LogP contribution in [-0.2, 0) is 14.3 Å². The zero-order chi connectivity index (χ0) is 17.6. The van der Waals surface area contributed by atoms with Crippen molar-refractivity contribution in [1.29, 1.82) is 0 Å². The van der Waals surface area contributed by atoms with Crippen LogP contribution >= 0.6 is 0 Å². The van der Waals surface area contributed by atoms with Gasteiger partial charge in [0.1, 0.15) is 12.4 Å². The van der Waals surface area contributed by atoms with Gasteiger partial charge in [-0.2, -0.15) is 0 Å². The van der Waals surface area contributed by atoms with Gasteiger partial charge in [-0.3, -0.25) is 4.79 Å². The Kier molecular flexibility index (Phi) is 6.44. The fourth-order valence-electron chi connectivity index (χ4n) is 2.36. The van der Waals surface area contributed by atoms with Gasteiger partial charge in [-0.15, -0.1) is 13.2 Å². The highest BCUT2D eigenvalue weighted by atomic mass is 19.4. The summed E-state index contributed by atoms with van der Waals surface area (Å²) < 4.78 is 50.7. The quantitative estimate of drug-likeness (QED) is 0.824. The molecule has 2 atom stereocenters. The molecule has 5 nitrogen and oxygen atoms in total. The summed E-state index contributed by atoms with van der Waals surface area (Å²) in [5, 5.41) is 2.73. The number of ether oxygens (including phenoxy) is 3. The lowest BCUT2D eigenvalue weighted by atomic mass is 10.1. The Bertz CT molecular complexity index is 527. The molecule has 0 bridgehead atoms. The minimum atomic E-state index is -4.72. The number of hydrogen-bond donors (Lipinski definition) is 1. The van der Waals surface area contributed by atoms with Crippen LogP contribution in [0.15, 0.2) is 24.3 Å². The van der Waals surface area contributed by atoms with Crippen molar-refractivity contribution < 1.29 is 32.2 Å². The number of alkyl halides is 3. The van der Waals surface area contributed by atoms with Crippen LogP contribution in [0.25, 0.3) is 0 Å². The molecule has 2 rings (SSSR count). The first-order valence-corrected chi connectivity index (χ1v) is 7.64. The molecule has 134 valence electrons. The van der Waals surface area contributed by atoms with E-state index in [9.17, 15) is 18.0 Å². The molecule has 1 aliphatic heterocycles. The highest BCUT2D eigenvalue weighted by Gasteiger charge is 2.31. The van der Waals surface area contributed by atoms with E-state index in [1.54, 1.807) is 6.92 Å². The topological polar surface area (TPSA) is 56.8 Å². The molecule has 1 saturated heterocycles. The highest BCUT2D eigenvalue weighted by molar-refractivity contribution is 5.77. The van der Waals surface area contributed by atoms with Crippen molar-refractivity contribution in [3.05, 3.63) is 29.8 Å². The molecule has 24 heavy (non-hydrogen) atoms. The monoisotopic (exact) mass is 347 g/mol. The fraction of sp³-hybridized carbons (Fsp3) is 0.562. The van der Waals surface area contributed by atoms with Gasteiger partial charge in [-0.05, 0) is 31.0 Å². The van der Waals surface area contributed by atoms with E-state index in [1.165, 1.54) is 24.3 Å². The molecule has 0 spiro atoms. The number of benzene rings is 1. The van der Waals surface area contributed by atoms with Crippen molar-refractivity contribution in [1.82, 2.24) is 5.32 Å². The zero-order valence-electron chi connectivity index (χ0n) is 13.3. The van der Waals surface area contributed by atoms with E-state index in [0.29, 0.717) is 24.7 Å².